The summed E-state index contributed by atoms with van der Waals surface area (Å²) in [7, 11) is 0. The van der Waals surface area contributed by atoms with Crippen LogP contribution in [0.3, 0.4) is 0 Å². The van der Waals surface area contributed by atoms with Crippen molar-refractivity contribution < 1.29 is 19.7 Å². The van der Waals surface area contributed by atoms with Crippen molar-refractivity contribution in [3.63, 3.8) is 0 Å². The zero-order chi connectivity index (χ0) is 35.0. The monoisotopic (exact) mass is 664 g/mol. The molecule has 0 saturated carbocycles. The molecule has 51 heavy (non-hydrogen) atoms. The third-order valence-corrected chi connectivity index (χ3v) is 9.23. The average molecular weight is 665 g/mol. The number of phenolic OH excluding ortho intramolecular Hbond substituents is 2. The molecule has 0 fully saturated rings. The molecule has 0 spiro atoms. The van der Waals surface area contributed by atoms with Gasteiger partial charge in [0.2, 0.25) is 0 Å². The number of aromatic hydroxyl groups is 2. The molecule has 1 aliphatic carbocycles. The predicted octanol–water partition coefficient (Wildman–Crippen LogP) is 9.61. The quantitative estimate of drug-likeness (QED) is 0.0801. The van der Waals surface area contributed by atoms with Gasteiger partial charge in [-0.25, -0.2) is 0 Å². The minimum Gasteiger partial charge on any atom is -0.506 e. The molecule has 0 heterocycles. The second-order valence-electron chi connectivity index (χ2n) is 12.3. The summed E-state index contributed by atoms with van der Waals surface area (Å²) in [6, 6.07) is 50.6. The van der Waals surface area contributed by atoms with Crippen molar-refractivity contribution >= 4 is 11.4 Å². The molecule has 7 aromatic carbocycles. The number of hydrogen-bond acceptors (Lipinski definition) is 6. The van der Waals surface area contributed by atoms with Crippen LogP contribution in [0.25, 0.3) is 11.1 Å². The van der Waals surface area contributed by atoms with Crippen LogP contribution < -0.4 is 20.9 Å². The second-order valence-corrected chi connectivity index (χ2v) is 12.3. The van der Waals surface area contributed by atoms with Crippen molar-refractivity contribution in [1.82, 2.24) is 0 Å². The van der Waals surface area contributed by atoms with Crippen molar-refractivity contribution in [2.45, 2.75) is 5.41 Å². The summed E-state index contributed by atoms with van der Waals surface area (Å²) in [5, 5.41) is 19.8. The van der Waals surface area contributed by atoms with Gasteiger partial charge in [0.05, 0.1) is 16.8 Å². The van der Waals surface area contributed by atoms with Gasteiger partial charge in [0.15, 0.2) is 0 Å². The lowest BCUT2D eigenvalue weighted by Crippen LogP contribution is -2.28. The van der Waals surface area contributed by atoms with Gasteiger partial charge in [-0.15, -0.1) is 0 Å². The maximum absolute atomic E-state index is 9.88. The number of hydrogen-bond donors (Lipinski definition) is 4. The van der Waals surface area contributed by atoms with Crippen LogP contribution in [0.5, 0.6) is 34.5 Å². The molecule has 0 saturated heterocycles. The molecular formula is C45H32N2O4. The molecule has 8 rings (SSSR count). The smallest absolute Gasteiger partial charge is 0.138 e. The second kappa shape index (κ2) is 12.7. The van der Waals surface area contributed by atoms with Crippen LogP contribution in [0.1, 0.15) is 33.4 Å². The van der Waals surface area contributed by atoms with Crippen molar-refractivity contribution in [2.24, 2.45) is 0 Å². The Bertz CT molecular complexity index is 2370. The lowest BCUT2D eigenvalue weighted by atomic mass is 9.67. The topological polar surface area (TPSA) is 111 Å². The van der Waals surface area contributed by atoms with Gasteiger partial charge in [-0.1, -0.05) is 90.7 Å². The van der Waals surface area contributed by atoms with Gasteiger partial charge in [0.1, 0.15) is 34.5 Å². The van der Waals surface area contributed by atoms with Gasteiger partial charge in [0, 0.05) is 28.8 Å². The van der Waals surface area contributed by atoms with E-state index in [1.54, 1.807) is 24.3 Å². The number of nitrogens with two attached hydrogens (primary N) is 2. The van der Waals surface area contributed by atoms with Gasteiger partial charge in [0.25, 0.3) is 0 Å². The molecule has 0 radical (unpaired) electrons. The number of nitrogen functional groups attached to an aromatic ring is 2. The minimum absolute atomic E-state index is 0.00893. The summed E-state index contributed by atoms with van der Waals surface area (Å²) in [4.78, 5) is 0. The fourth-order valence-electron chi connectivity index (χ4n) is 6.89. The Labute approximate surface area is 295 Å². The molecule has 0 bridgehead atoms. The van der Waals surface area contributed by atoms with E-state index in [9.17, 15) is 10.2 Å². The van der Waals surface area contributed by atoms with Gasteiger partial charge in [-0.05, 0) is 94.5 Å². The molecule has 0 aliphatic heterocycles. The van der Waals surface area contributed by atoms with E-state index in [1.165, 1.54) is 12.1 Å². The molecule has 6 N–H and O–H groups in total. The van der Waals surface area contributed by atoms with E-state index in [4.69, 9.17) is 20.9 Å². The van der Waals surface area contributed by atoms with Crippen LogP contribution in [-0.2, 0) is 5.41 Å². The maximum Gasteiger partial charge on any atom is 0.138 e. The van der Waals surface area contributed by atoms with Crippen molar-refractivity contribution in [3.05, 3.63) is 191 Å². The summed E-state index contributed by atoms with van der Waals surface area (Å²) >= 11 is 0. The summed E-state index contributed by atoms with van der Waals surface area (Å²) < 4.78 is 12.3. The van der Waals surface area contributed by atoms with Gasteiger partial charge < -0.3 is 31.2 Å². The van der Waals surface area contributed by atoms with Crippen molar-refractivity contribution in [3.8, 4) is 57.5 Å². The SMILES string of the molecule is Nc1cc(Oc2ccc(C3(c4ccc(Oc5ccc(O)c(N)c5)cc4)c4ccccc4-c4c(C#Cc5ccccc5)cccc43)cc2)ccc1O. The first-order valence-electron chi connectivity index (χ1n) is 16.4. The van der Waals surface area contributed by atoms with E-state index >= 15 is 0 Å². The Balaban J connectivity index is 1.28. The van der Waals surface area contributed by atoms with E-state index < -0.39 is 5.41 Å². The number of rotatable bonds is 6. The Morgan fingerprint density at radius 1 is 0.471 bits per heavy atom. The maximum atomic E-state index is 9.88. The first-order chi connectivity index (χ1) is 24.9. The standard InChI is InChI=1S/C45H32N2O4/c46-40-27-35(23-25-42(40)48)50-33-19-15-31(16-20-33)45(32-17-21-34(22-18-32)51-36-24-26-43(49)41(47)28-36)38-11-5-4-10-37(38)44-30(9-6-12-39(44)45)14-13-29-7-2-1-3-8-29/h1-12,15-28,48-49H,46-47H2. The largest absolute Gasteiger partial charge is 0.506 e. The van der Waals surface area contributed by atoms with Crippen LogP contribution in [-0.4, -0.2) is 10.2 Å². The minimum atomic E-state index is -0.709. The zero-order valence-corrected chi connectivity index (χ0v) is 27.4. The summed E-state index contributed by atoms with van der Waals surface area (Å²) in [5.41, 5.74) is 20.1. The highest BCUT2D eigenvalue weighted by Crippen LogP contribution is 2.57. The van der Waals surface area contributed by atoms with Crippen LogP contribution >= 0.6 is 0 Å². The average Bonchev–Trinajstić information content (AvgIpc) is 3.46. The van der Waals surface area contributed by atoms with E-state index in [0.29, 0.717) is 23.0 Å². The van der Waals surface area contributed by atoms with Gasteiger partial charge in [-0.2, -0.15) is 0 Å². The van der Waals surface area contributed by atoms with Crippen LogP contribution in [0, 0.1) is 11.8 Å². The highest BCUT2D eigenvalue weighted by Gasteiger charge is 2.46. The third kappa shape index (κ3) is 5.63. The highest BCUT2D eigenvalue weighted by molar-refractivity contribution is 5.89. The summed E-state index contributed by atoms with van der Waals surface area (Å²) in [6.45, 7) is 0. The van der Waals surface area contributed by atoms with E-state index in [2.05, 4.69) is 78.6 Å². The van der Waals surface area contributed by atoms with Crippen molar-refractivity contribution in [2.75, 3.05) is 11.5 Å². The lowest BCUT2D eigenvalue weighted by Gasteiger charge is -2.34. The van der Waals surface area contributed by atoms with E-state index in [1.807, 2.05) is 54.6 Å². The number of fused-ring (bicyclic) bond motifs is 3. The molecule has 0 aromatic heterocycles. The summed E-state index contributed by atoms with van der Waals surface area (Å²) in [6.07, 6.45) is 0. The lowest BCUT2D eigenvalue weighted by molar-refractivity contribution is 0.466. The zero-order valence-electron chi connectivity index (χ0n) is 27.4. The summed E-state index contributed by atoms with van der Waals surface area (Å²) in [5.74, 6) is 9.19. The van der Waals surface area contributed by atoms with Crippen LogP contribution in [0.15, 0.2) is 158 Å². The van der Waals surface area contributed by atoms with Crippen molar-refractivity contribution in [1.29, 1.82) is 0 Å². The fraction of sp³-hybridized carbons (Fsp3) is 0.0222. The number of anilines is 2. The molecule has 0 unspecified atom stereocenters. The number of benzene rings is 7. The number of phenols is 2. The Hall–Kier alpha value is -7.10. The van der Waals surface area contributed by atoms with E-state index in [0.717, 1.165) is 44.5 Å². The predicted molar refractivity (Wildman–Crippen MR) is 201 cm³/mol. The third-order valence-electron chi connectivity index (χ3n) is 9.23. The first kappa shape index (κ1) is 31.2. The molecule has 6 nitrogen and oxygen atoms in total. The van der Waals surface area contributed by atoms with Crippen LogP contribution in [0.4, 0.5) is 11.4 Å². The van der Waals surface area contributed by atoms with Crippen LogP contribution in [0.2, 0.25) is 0 Å². The molecule has 0 amide bonds. The van der Waals surface area contributed by atoms with Gasteiger partial charge in [-0.3, -0.25) is 0 Å². The van der Waals surface area contributed by atoms with E-state index in [-0.39, 0.29) is 22.9 Å². The first-order valence-corrected chi connectivity index (χ1v) is 16.4. The molecule has 7 aromatic rings. The Morgan fingerprint density at radius 2 is 0.980 bits per heavy atom. The molecule has 0 atom stereocenters. The molecular weight excluding hydrogens is 633 g/mol. The molecule has 6 heteroatoms. The Kier molecular flexibility index (Phi) is 7.79. The molecule has 1 aliphatic rings. The fourth-order valence-corrected chi connectivity index (χ4v) is 6.89. The highest BCUT2D eigenvalue weighted by atomic mass is 16.5. The number of ether oxygens (including phenoxy) is 2. The Morgan fingerprint density at radius 3 is 1.55 bits per heavy atom. The normalized spacial score (nSPS) is 12.2. The van der Waals surface area contributed by atoms with Gasteiger partial charge >= 0.3 is 0 Å². The molecule has 246 valence electrons.